The van der Waals surface area contributed by atoms with Crippen LogP contribution in [0.4, 0.5) is 16.2 Å². The van der Waals surface area contributed by atoms with Crippen molar-refractivity contribution in [2.45, 2.75) is 55.9 Å². The molecule has 4 N–H and O–H groups in total. The van der Waals surface area contributed by atoms with Gasteiger partial charge in [0.1, 0.15) is 0 Å². The van der Waals surface area contributed by atoms with Gasteiger partial charge in [-0.25, -0.2) is 10.3 Å². The molecule has 2 aliphatic rings. The quantitative estimate of drug-likeness (QED) is 0.191. The summed E-state index contributed by atoms with van der Waals surface area (Å²) in [6.07, 6.45) is 6.97. The predicted octanol–water partition coefficient (Wildman–Crippen LogP) is 6.12. The predicted molar refractivity (Wildman–Crippen MR) is 156 cm³/mol. The van der Waals surface area contributed by atoms with Gasteiger partial charge < -0.3 is 11.1 Å². The topological polar surface area (TPSA) is 141 Å². The molecule has 1 aliphatic carbocycles. The zero-order valence-electron chi connectivity index (χ0n) is 22.1. The lowest BCUT2D eigenvalue weighted by Gasteiger charge is -2.26. The van der Waals surface area contributed by atoms with Gasteiger partial charge >= 0.3 is 6.03 Å². The van der Waals surface area contributed by atoms with Gasteiger partial charge in [-0.3, -0.25) is 13.9 Å². The molecule has 3 aromatic rings. The summed E-state index contributed by atoms with van der Waals surface area (Å²) in [5.41, 5.74) is 17.0. The molecule has 9 nitrogen and oxygen atoms in total. The second kappa shape index (κ2) is 12.3. The van der Waals surface area contributed by atoms with Crippen LogP contribution >= 0.6 is 0 Å². The Balaban J connectivity index is 1.39. The van der Waals surface area contributed by atoms with Crippen molar-refractivity contribution in [2.24, 2.45) is 15.8 Å². The Bertz CT molecular complexity index is 1460. The molecule has 10 heteroatoms. The monoisotopic (exact) mass is 556 g/mol. The van der Waals surface area contributed by atoms with Gasteiger partial charge in [-0.2, -0.15) is 4.99 Å². The van der Waals surface area contributed by atoms with Gasteiger partial charge in [0, 0.05) is 27.6 Å². The summed E-state index contributed by atoms with van der Waals surface area (Å²) in [6.45, 7) is 0.257. The molecule has 0 spiro atoms. The first kappa shape index (κ1) is 27.4. The highest BCUT2D eigenvalue weighted by molar-refractivity contribution is 7.85. The highest BCUT2D eigenvalue weighted by Gasteiger charge is 2.22. The summed E-state index contributed by atoms with van der Waals surface area (Å²) >= 11 is 0. The molecular formula is C30H32N6O3S. The molecule has 40 heavy (non-hydrogen) atoms. The molecule has 0 bridgehead atoms. The molecule has 1 heterocycles. The number of aryl methyl sites for hydroxylation is 1. The Morgan fingerprint density at radius 1 is 1.00 bits per heavy atom. The summed E-state index contributed by atoms with van der Waals surface area (Å²) in [7, 11) is -1.04. The van der Waals surface area contributed by atoms with Gasteiger partial charge in [0.2, 0.25) is 5.96 Å². The number of hydrogen-bond acceptors (Lipinski definition) is 4. The van der Waals surface area contributed by atoms with E-state index < -0.39 is 22.7 Å². The first-order valence-corrected chi connectivity index (χ1v) is 14.8. The molecule has 1 fully saturated rings. The van der Waals surface area contributed by atoms with Gasteiger partial charge in [0.15, 0.2) is 0 Å². The van der Waals surface area contributed by atoms with Crippen molar-refractivity contribution in [1.82, 2.24) is 0 Å². The minimum Gasteiger partial charge on any atom is -0.366 e. The number of fused-ring (bicyclic) bond motifs is 1. The summed E-state index contributed by atoms with van der Waals surface area (Å²) in [5.74, 6) is 0.161. The minimum atomic E-state index is -1.04. The van der Waals surface area contributed by atoms with Crippen LogP contribution in [-0.4, -0.2) is 27.9 Å². The van der Waals surface area contributed by atoms with Crippen molar-refractivity contribution in [3.8, 4) is 0 Å². The highest BCUT2D eigenvalue weighted by Crippen LogP contribution is 2.34. The lowest BCUT2D eigenvalue weighted by molar-refractivity contribution is 0.100. The Labute approximate surface area is 235 Å². The molecule has 0 aromatic heterocycles. The summed E-state index contributed by atoms with van der Waals surface area (Å²) < 4.78 is 12.3. The fourth-order valence-electron chi connectivity index (χ4n) is 5.33. The molecule has 1 atom stereocenters. The molecule has 3 aromatic carbocycles. The first-order valence-electron chi connectivity index (χ1n) is 13.5. The fourth-order valence-corrected chi connectivity index (χ4v) is 6.67. The highest BCUT2D eigenvalue weighted by atomic mass is 32.2. The third-order valence-corrected chi connectivity index (χ3v) is 8.96. The van der Waals surface area contributed by atoms with E-state index in [0.29, 0.717) is 22.9 Å². The van der Waals surface area contributed by atoms with E-state index in [1.54, 1.807) is 35.2 Å². The normalized spacial score (nSPS) is 17.2. The van der Waals surface area contributed by atoms with Crippen LogP contribution in [-0.2, 0) is 23.8 Å². The van der Waals surface area contributed by atoms with Crippen LogP contribution in [0.25, 0.3) is 0 Å². The SMILES string of the molecule is N=NC(N)=NC(=O)c1ccc(CN(C(=O)Nc2ccc3c(c2)S(=O)CC3)c2ccc(C3CCCCC3)cc2)cc1. The maximum absolute atomic E-state index is 13.6. The number of nitrogens with zero attached hydrogens (tertiary/aromatic N) is 3. The summed E-state index contributed by atoms with van der Waals surface area (Å²) in [5, 5.41) is 5.93. The number of benzene rings is 3. The average molecular weight is 557 g/mol. The van der Waals surface area contributed by atoms with Crippen LogP contribution in [0.3, 0.4) is 0 Å². The zero-order valence-corrected chi connectivity index (χ0v) is 23.0. The van der Waals surface area contributed by atoms with Crippen LogP contribution in [0.5, 0.6) is 0 Å². The summed E-state index contributed by atoms with van der Waals surface area (Å²) in [4.78, 5) is 31.9. The van der Waals surface area contributed by atoms with Crippen LogP contribution in [0.1, 0.15) is 65.1 Å². The van der Waals surface area contributed by atoms with E-state index in [0.717, 1.165) is 28.1 Å². The number of nitrogens with one attached hydrogen (secondary N) is 2. The molecule has 0 saturated heterocycles. The number of hydrogen-bond donors (Lipinski definition) is 3. The van der Waals surface area contributed by atoms with Crippen LogP contribution in [0.2, 0.25) is 0 Å². The number of aliphatic imine (C=N–C) groups is 1. The van der Waals surface area contributed by atoms with Gasteiger partial charge in [0.25, 0.3) is 5.91 Å². The van der Waals surface area contributed by atoms with Crippen LogP contribution in [0, 0.1) is 5.53 Å². The van der Waals surface area contributed by atoms with Gasteiger partial charge in [0.05, 0.1) is 17.3 Å². The number of amides is 3. The third kappa shape index (κ3) is 6.34. The van der Waals surface area contributed by atoms with Crippen molar-refractivity contribution >= 4 is 40.1 Å². The summed E-state index contributed by atoms with van der Waals surface area (Å²) in [6, 6.07) is 20.2. The second-order valence-electron chi connectivity index (χ2n) is 10.1. The average Bonchev–Trinajstić information content (AvgIpc) is 3.36. The molecule has 0 radical (unpaired) electrons. The first-order chi connectivity index (χ1) is 19.4. The van der Waals surface area contributed by atoms with Gasteiger partial charge in [-0.05, 0) is 78.3 Å². The number of carbonyl (C=O) groups excluding carboxylic acids is 2. The van der Waals surface area contributed by atoms with Gasteiger partial charge in [-0.15, -0.1) is 5.11 Å². The van der Waals surface area contributed by atoms with Crippen molar-refractivity contribution in [3.05, 3.63) is 89.0 Å². The number of urea groups is 1. The minimum absolute atomic E-state index is 0.257. The van der Waals surface area contributed by atoms with Crippen LogP contribution in [0.15, 0.2) is 81.7 Å². The maximum atomic E-state index is 13.6. The Kier molecular flexibility index (Phi) is 8.45. The van der Waals surface area contributed by atoms with E-state index in [1.165, 1.54) is 37.7 Å². The molecule has 206 valence electrons. The number of guanidine groups is 1. The van der Waals surface area contributed by atoms with E-state index in [9.17, 15) is 13.8 Å². The molecular weight excluding hydrogens is 524 g/mol. The lowest BCUT2D eigenvalue weighted by atomic mass is 9.84. The van der Waals surface area contributed by atoms with Crippen molar-refractivity contribution < 1.29 is 13.8 Å². The number of anilines is 2. The van der Waals surface area contributed by atoms with Crippen molar-refractivity contribution in [3.63, 3.8) is 0 Å². The number of rotatable bonds is 6. The molecule has 1 saturated carbocycles. The third-order valence-electron chi connectivity index (χ3n) is 7.52. The molecule has 1 unspecified atom stereocenters. The standard InChI is InChI=1S/C30H32N6O3S/c31-29(35-32)34-28(37)24-8-6-20(7-9-24)19-36(26-14-11-22(12-15-26)21-4-2-1-3-5-21)30(38)33-25-13-10-23-16-17-40(39)27(23)18-25/h6-15,18,21,32H,1-5,16-17,19H2,(H,33,38)(H2,31,34,37). The Morgan fingerprint density at radius 3 is 2.42 bits per heavy atom. The zero-order chi connectivity index (χ0) is 28.1. The molecule has 5 rings (SSSR count). The lowest BCUT2D eigenvalue weighted by Crippen LogP contribution is -2.34. The van der Waals surface area contributed by atoms with E-state index in [2.05, 4.69) is 27.6 Å². The van der Waals surface area contributed by atoms with E-state index >= 15 is 0 Å². The Morgan fingerprint density at radius 2 is 1.73 bits per heavy atom. The Hall–Kier alpha value is -4.18. The largest absolute Gasteiger partial charge is 0.366 e. The van der Waals surface area contributed by atoms with E-state index in [1.807, 2.05) is 24.3 Å². The van der Waals surface area contributed by atoms with E-state index in [-0.39, 0.29) is 12.6 Å². The van der Waals surface area contributed by atoms with E-state index in [4.69, 9.17) is 11.3 Å². The number of nitrogens with two attached hydrogens (primary N) is 1. The van der Waals surface area contributed by atoms with Crippen molar-refractivity contribution in [1.29, 1.82) is 5.53 Å². The smallest absolute Gasteiger partial charge is 0.326 e. The maximum Gasteiger partial charge on any atom is 0.326 e. The van der Waals surface area contributed by atoms with Crippen molar-refractivity contribution in [2.75, 3.05) is 16.0 Å². The molecule has 1 aliphatic heterocycles. The number of carbonyl (C=O) groups is 2. The van der Waals surface area contributed by atoms with Gasteiger partial charge in [-0.1, -0.05) is 49.6 Å². The molecule has 3 amide bonds. The second-order valence-corrected chi connectivity index (χ2v) is 11.7. The van der Waals surface area contributed by atoms with Crippen LogP contribution < -0.4 is 16.0 Å². The fraction of sp³-hybridized carbons (Fsp3) is 0.300.